The molecular weight excluding hydrogens is 400 g/mol. The van der Waals surface area contributed by atoms with E-state index in [0.29, 0.717) is 41.5 Å². The summed E-state index contributed by atoms with van der Waals surface area (Å²) in [6, 6.07) is 14.5. The maximum atomic E-state index is 13.0. The van der Waals surface area contributed by atoms with Crippen LogP contribution in [0.5, 0.6) is 11.5 Å². The fourth-order valence-electron chi connectivity index (χ4n) is 3.40. The van der Waals surface area contributed by atoms with Gasteiger partial charge in [0.25, 0.3) is 11.3 Å². The number of nitrogens with one attached hydrogen (secondary N) is 1. The van der Waals surface area contributed by atoms with Crippen LogP contribution in [0, 0.1) is 0 Å². The molecular formula is C22H18N4O5. The number of amides is 1. The Morgan fingerprint density at radius 2 is 1.87 bits per heavy atom. The normalized spacial score (nSPS) is 12.6. The molecule has 1 N–H and O–H groups in total. The van der Waals surface area contributed by atoms with Gasteiger partial charge in [-0.1, -0.05) is 35.5 Å². The van der Waals surface area contributed by atoms with Crippen molar-refractivity contribution in [3.05, 3.63) is 65.2 Å². The van der Waals surface area contributed by atoms with Crippen molar-refractivity contribution in [1.82, 2.24) is 14.7 Å². The van der Waals surface area contributed by atoms with E-state index >= 15 is 0 Å². The number of anilines is 1. The van der Waals surface area contributed by atoms with Crippen LogP contribution in [0.2, 0.25) is 0 Å². The zero-order valence-corrected chi connectivity index (χ0v) is 16.4. The molecule has 2 aromatic carbocycles. The lowest BCUT2D eigenvalue weighted by Crippen LogP contribution is -2.23. The van der Waals surface area contributed by atoms with Crippen LogP contribution in [-0.2, 0) is 11.3 Å². The minimum atomic E-state index is -0.308. The standard InChI is InChI=1S/C22H18N4O5/c27-18(24-15-6-7-16-17(12-15)30-11-10-29-16)8-9-26-13-23-21-19(22(26)28)20(25-31-21)14-4-2-1-3-5-14/h1-7,12-13H,8-11H2,(H,24,27). The van der Waals surface area contributed by atoms with Gasteiger partial charge in [0, 0.05) is 30.3 Å². The van der Waals surface area contributed by atoms with Gasteiger partial charge >= 0.3 is 0 Å². The van der Waals surface area contributed by atoms with Crippen LogP contribution in [0.4, 0.5) is 5.69 Å². The highest BCUT2D eigenvalue weighted by Crippen LogP contribution is 2.32. The molecule has 4 aromatic rings. The number of ether oxygens (including phenoxy) is 2. The van der Waals surface area contributed by atoms with Gasteiger partial charge in [0.2, 0.25) is 5.91 Å². The maximum absolute atomic E-state index is 13.0. The molecule has 0 aliphatic carbocycles. The number of rotatable bonds is 5. The molecule has 3 heterocycles. The molecule has 31 heavy (non-hydrogen) atoms. The zero-order valence-electron chi connectivity index (χ0n) is 16.4. The number of hydrogen-bond acceptors (Lipinski definition) is 7. The topological polar surface area (TPSA) is 108 Å². The second-order valence-corrected chi connectivity index (χ2v) is 6.98. The van der Waals surface area contributed by atoms with Crippen molar-refractivity contribution in [1.29, 1.82) is 0 Å². The Labute approximate surface area is 176 Å². The number of carbonyl (C=O) groups is 1. The number of aryl methyl sites for hydroxylation is 1. The van der Waals surface area contributed by atoms with Crippen molar-refractivity contribution in [2.75, 3.05) is 18.5 Å². The predicted octanol–water partition coefficient (Wildman–Crippen LogP) is 2.85. The minimum Gasteiger partial charge on any atom is -0.486 e. The van der Waals surface area contributed by atoms with Crippen LogP contribution in [-0.4, -0.2) is 33.8 Å². The van der Waals surface area contributed by atoms with E-state index < -0.39 is 0 Å². The number of hydrogen-bond donors (Lipinski definition) is 1. The molecule has 0 bridgehead atoms. The average molecular weight is 418 g/mol. The number of carbonyl (C=O) groups excluding carboxylic acids is 1. The molecule has 1 aliphatic rings. The van der Waals surface area contributed by atoms with Gasteiger partial charge in [-0.2, -0.15) is 0 Å². The Kier molecular flexibility index (Phi) is 4.83. The van der Waals surface area contributed by atoms with Crippen LogP contribution >= 0.6 is 0 Å². The van der Waals surface area contributed by atoms with Gasteiger partial charge in [0.05, 0.1) is 0 Å². The third-order valence-electron chi connectivity index (χ3n) is 4.92. The van der Waals surface area contributed by atoms with E-state index in [9.17, 15) is 9.59 Å². The van der Waals surface area contributed by atoms with Crippen molar-refractivity contribution in [3.8, 4) is 22.8 Å². The molecule has 9 heteroatoms. The number of benzene rings is 2. The maximum Gasteiger partial charge on any atom is 0.266 e. The molecule has 0 atom stereocenters. The van der Waals surface area contributed by atoms with E-state index in [1.165, 1.54) is 10.9 Å². The molecule has 0 spiro atoms. The highest BCUT2D eigenvalue weighted by Gasteiger charge is 2.17. The molecule has 0 saturated heterocycles. The van der Waals surface area contributed by atoms with Crippen molar-refractivity contribution in [2.24, 2.45) is 0 Å². The highest BCUT2D eigenvalue weighted by molar-refractivity contribution is 5.91. The Bertz CT molecular complexity index is 1310. The first-order valence-corrected chi connectivity index (χ1v) is 9.79. The van der Waals surface area contributed by atoms with Crippen molar-refractivity contribution < 1.29 is 18.8 Å². The summed E-state index contributed by atoms with van der Waals surface area (Å²) < 4.78 is 17.6. The molecule has 1 aliphatic heterocycles. The fourth-order valence-corrected chi connectivity index (χ4v) is 3.40. The Morgan fingerprint density at radius 1 is 1.06 bits per heavy atom. The SMILES string of the molecule is O=C(CCn1cnc2onc(-c3ccccc3)c2c1=O)Nc1ccc2c(c1)OCCO2. The average Bonchev–Trinajstić information content (AvgIpc) is 3.24. The van der Waals surface area contributed by atoms with Crippen LogP contribution in [0.25, 0.3) is 22.4 Å². The summed E-state index contributed by atoms with van der Waals surface area (Å²) in [4.78, 5) is 29.6. The molecule has 0 saturated carbocycles. The summed E-state index contributed by atoms with van der Waals surface area (Å²) >= 11 is 0. The summed E-state index contributed by atoms with van der Waals surface area (Å²) in [6.07, 6.45) is 1.45. The van der Waals surface area contributed by atoms with Crippen LogP contribution < -0.4 is 20.3 Å². The molecule has 0 radical (unpaired) electrons. The lowest BCUT2D eigenvalue weighted by atomic mass is 10.1. The van der Waals surface area contributed by atoms with Crippen molar-refractivity contribution >= 4 is 22.7 Å². The van der Waals surface area contributed by atoms with E-state index in [4.69, 9.17) is 14.0 Å². The van der Waals surface area contributed by atoms with Crippen molar-refractivity contribution in [3.63, 3.8) is 0 Å². The quantitative estimate of drug-likeness (QED) is 0.531. The minimum absolute atomic E-state index is 0.0908. The second-order valence-electron chi connectivity index (χ2n) is 6.98. The number of aromatic nitrogens is 3. The lowest BCUT2D eigenvalue weighted by Gasteiger charge is -2.19. The molecule has 2 aromatic heterocycles. The third-order valence-corrected chi connectivity index (χ3v) is 4.92. The summed E-state index contributed by atoms with van der Waals surface area (Å²) in [6.45, 7) is 1.14. The molecule has 1 amide bonds. The van der Waals surface area contributed by atoms with E-state index in [1.807, 2.05) is 30.3 Å². The number of nitrogens with zero attached hydrogens (tertiary/aromatic N) is 3. The molecule has 0 unspecified atom stereocenters. The summed E-state index contributed by atoms with van der Waals surface area (Å²) in [5.41, 5.74) is 1.65. The first-order chi connectivity index (χ1) is 15.2. The van der Waals surface area contributed by atoms with E-state index in [-0.39, 0.29) is 30.1 Å². The number of fused-ring (bicyclic) bond motifs is 2. The Balaban J connectivity index is 1.32. The predicted molar refractivity (Wildman–Crippen MR) is 112 cm³/mol. The van der Waals surface area contributed by atoms with Crippen LogP contribution in [0.15, 0.2) is 64.2 Å². The van der Waals surface area contributed by atoms with Crippen LogP contribution in [0.1, 0.15) is 6.42 Å². The van der Waals surface area contributed by atoms with E-state index in [0.717, 1.165) is 5.56 Å². The lowest BCUT2D eigenvalue weighted by molar-refractivity contribution is -0.116. The summed E-state index contributed by atoms with van der Waals surface area (Å²) in [5, 5.41) is 7.10. The first kappa shape index (κ1) is 18.9. The van der Waals surface area contributed by atoms with Gasteiger partial charge < -0.3 is 19.3 Å². The van der Waals surface area contributed by atoms with Crippen LogP contribution in [0.3, 0.4) is 0 Å². The molecule has 0 fully saturated rings. The monoisotopic (exact) mass is 418 g/mol. The van der Waals surface area contributed by atoms with Gasteiger partial charge in [-0.3, -0.25) is 14.2 Å². The molecule has 5 rings (SSSR count). The third kappa shape index (κ3) is 3.73. The van der Waals surface area contributed by atoms with Gasteiger partial charge in [-0.25, -0.2) is 4.98 Å². The Hall–Kier alpha value is -4.14. The Morgan fingerprint density at radius 3 is 2.71 bits per heavy atom. The summed E-state index contributed by atoms with van der Waals surface area (Å²) in [7, 11) is 0. The summed E-state index contributed by atoms with van der Waals surface area (Å²) in [5.74, 6) is 1.01. The zero-order chi connectivity index (χ0) is 21.2. The molecule has 156 valence electrons. The first-order valence-electron chi connectivity index (χ1n) is 9.79. The highest BCUT2D eigenvalue weighted by atomic mass is 16.6. The molecule has 9 nitrogen and oxygen atoms in total. The fraction of sp³-hybridized carbons (Fsp3) is 0.182. The second kappa shape index (κ2) is 7.94. The van der Waals surface area contributed by atoms with E-state index in [2.05, 4.69) is 15.5 Å². The van der Waals surface area contributed by atoms with E-state index in [1.54, 1.807) is 18.2 Å². The van der Waals surface area contributed by atoms with Crippen molar-refractivity contribution in [2.45, 2.75) is 13.0 Å². The largest absolute Gasteiger partial charge is 0.486 e. The van der Waals surface area contributed by atoms with Gasteiger partial charge in [-0.15, -0.1) is 0 Å². The smallest absolute Gasteiger partial charge is 0.266 e. The van der Waals surface area contributed by atoms with Gasteiger partial charge in [0.1, 0.15) is 30.6 Å². The van der Waals surface area contributed by atoms with Gasteiger partial charge in [0.15, 0.2) is 11.5 Å². The van der Waals surface area contributed by atoms with Gasteiger partial charge in [-0.05, 0) is 12.1 Å².